The molecule has 0 bridgehead atoms. The molecule has 2 fully saturated rings. The Balaban J connectivity index is 1.81. The lowest BCUT2D eigenvalue weighted by atomic mass is 9.71. The highest BCUT2D eigenvalue weighted by Crippen LogP contribution is 2.42. The molecule has 1 saturated heterocycles. The average Bonchev–Trinajstić information content (AvgIpc) is 2.15. The molecule has 2 nitrogen and oxygen atoms in total. The molecule has 0 aromatic carbocycles. The van der Waals surface area contributed by atoms with E-state index in [1.807, 2.05) is 4.90 Å². The molecule has 0 aromatic heterocycles. The average molecular weight is 228 g/mol. The second-order valence-corrected chi connectivity index (χ2v) is 5.64. The fourth-order valence-electron chi connectivity index (χ4n) is 2.84. The van der Waals surface area contributed by atoms with Crippen LogP contribution in [0.1, 0.15) is 39.0 Å². The van der Waals surface area contributed by atoms with Gasteiger partial charge in [0, 0.05) is 12.5 Å². The summed E-state index contributed by atoms with van der Waals surface area (Å²) < 4.78 is 25.5. The van der Waals surface area contributed by atoms with Gasteiger partial charge in [0.25, 0.3) is 5.92 Å². The van der Waals surface area contributed by atoms with Gasteiger partial charge in [0.15, 0.2) is 0 Å². The van der Waals surface area contributed by atoms with E-state index in [4.69, 9.17) is 5.26 Å². The maximum Gasteiger partial charge on any atom is 0.272 e. The molecule has 0 aromatic rings. The molecule has 0 radical (unpaired) electrons. The topological polar surface area (TPSA) is 27.0 Å². The van der Waals surface area contributed by atoms with E-state index in [9.17, 15) is 8.78 Å². The molecule has 1 saturated carbocycles. The molecule has 1 aliphatic heterocycles. The smallest absolute Gasteiger partial charge is 0.272 e. The molecule has 1 aliphatic carbocycles. The molecular formula is C12H18F2N2. The van der Waals surface area contributed by atoms with Crippen molar-refractivity contribution in [3.63, 3.8) is 0 Å². The lowest BCUT2D eigenvalue weighted by Crippen LogP contribution is -2.60. The molecule has 0 atom stereocenters. The quantitative estimate of drug-likeness (QED) is 0.726. The molecule has 2 rings (SSSR count). The molecule has 0 N–H and O–H groups in total. The lowest BCUT2D eigenvalue weighted by molar-refractivity contribution is -0.152. The van der Waals surface area contributed by atoms with Gasteiger partial charge >= 0.3 is 0 Å². The van der Waals surface area contributed by atoms with Crippen LogP contribution >= 0.6 is 0 Å². The minimum absolute atomic E-state index is 0.0629. The Kier molecular flexibility index (Phi) is 2.91. The zero-order chi connectivity index (χ0) is 11.8. The number of alkyl halides is 2. The molecule has 1 heterocycles. The second kappa shape index (κ2) is 3.96. The largest absolute Gasteiger partial charge is 0.288 e. The third-order valence-corrected chi connectivity index (χ3v) is 4.05. The Hall–Kier alpha value is -0.690. The molecular weight excluding hydrogens is 210 g/mol. The van der Waals surface area contributed by atoms with Gasteiger partial charge in [0.2, 0.25) is 0 Å². The summed E-state index contributed by atoms with van der Waals surface area (Å²) in [4.78, 5) is 1.89. The van der Waals surface area contributed by atoms with E-state index in [-0.39, 0.29) is 18.5 Å². The standard InChI is InChI=1S/C12H18F2N2/c1-11(6-7-15)4-2-10(3-5-11)16-8-12(13,14)9-16/h10H,2-6,8-9H2,1H3. The third kappa shape index (κ3) is 2.35. The minimum Gasteiger partial charge on any atom is -0.288 e. The molecule has 4 heteroatoms. The van der Waals surface area contributed by atoms with Crippen molar-refractivity contribution >= 4 is 0 Å². The van der Waals surface area contributed by atoms with Crippen LogP contribution in [0.15, 0.2) is 0 Å². The van der Waals surface area contributed by atoms with Crippen LogP contribution in [0.2, 0.25) is 0 Å². The van der Waals surface area contributed by atoms with Gasteiger partial charge in [0.05, 0.1) is 19.2 Å². The van der Waals surface area contributed by atoms with E-state index in [1.54, 1.807) is 0 Å². The normalized spacial score (nSPS) is 38.8. The Bertz CT molecular complexity index is 293. The van der Waals surface area contributed by atoms with Gasteiger partial charge in [-0.2, -0.15) is 5.26 Å². The molecule has 0 amide bonds. The number of halogens is 2. The molecule has 16 heavy (non-hydrogen) atoms. The van der Waals surface area contributed by atoms with E-state index >= 15 is 0 Å². The minimum atomic E-state index is -2.45. The highest BCUT2D eigenvalue weighted by molar-refractivity contribution is 4.96. The third-order valence-electron chi connectivity index (χ3n) is 4.05. The monoisotopic (exact) mass is 228 g/mol. The van der Waals surface area contributed by atoms with Crippen molar-refractivity contribution in [1.82, 2.24) is 4.90 Å². The first-order valence-electron chi connectivity index (χ1n) is 5.93. The van der Waals surface area contributed by atoms with Crippen LogP contribution in [0.5, 0.6) is 0 Å². The summed E-state index contributed by atoms with van der Waals surface area (Å²) in [6.45, 7) is 2.01. The Morgan fingerprint density at radius 1 is 1.31 bits per heavy atom. The van der Waals surface area contributed by atoms with Crippen LogP contribution in [0.25, 0.3) is 0 Å². The second-order valence-electron chi connectivity index (χ2n) is 5.64. The highest BCUT2D eigenvalue weighted by Gasteiger charge is 2.47. The Morgan fingerprint density at radius 3 is 2.31 bits per heavy atom. The fourth-order valence-corrected chi connectivity index (χ4v) is 2.84. The van der Waals surface area contributed by atoms with Gasteiger partial charge < -0.3 is 0 Å². The van der Waals surface area contributed by atoms with Crippen molar-refractivity contribution in [3.8, 4) is 6.07 Å². The molecule has 0 unspecified atom stereocenters. The van der Waals surface area contributed by atoms with Crippen LogP contribution in [0.3, 0.4) is 0 Å². The summed E-state index contributed by atoms with van der Waals surface area (Å²) in [5, 5.41) is 8.73. The first kappa shape index (κ1) is 11.8. The van der Waals surface area contributed by atoms with E-state index in [1.165, 1.54) is 0 Å². The predicted octanol–water partition coefficient (Wildman–Crippen LogP) is 2.80. The maximum atomic E-state index is 12.7. The fraction of sp³-hybridized carbons (Fsp3) is 0.917. The Morgan fingerprint density at radius 2 is 1.88 bits per heavy atom. The van der Waals surface area contributed by atoms with E-state index in [0.717, 1.165) is 25.7 Å². The zero-order valence-electron chi connectivity index (χ0n) is 9.68. The van der Waals surface area contributed by atoms with Crippen molar-refractivity contribution in [3.05, 3.63) is 0 Å². The van der Waals surface area contributed by atoms with E-state index in [0.29, 0.717) is 12.5 Å². The highest BCUT2D eigenvalue weighted by atomic mass is 19.3. The van der Waals surface area contributed by atoms with Crippen molar-refractivity contribution in [2.75, 3.05) is 13.1 Å². The van der Waals surface area contributed by atoms with E-state index < -0.39 is 5.92 Å². The number of likely N-dealkylation sites (tertiary alicyclic amines) is 1. The van der Waals surface area contributed by atoms with Crippen molar-refractivity contribution < 1.29 is 8.78 Å². The van der Waals surface area contributed by atoms with Crippen molar-refractivity contribution in [1.29, 1.82) is 5.26 Å². The van der Waals surface area contributed by atoms with Gasteiger partial charge in [-0.05, 0) is 31.1 Å². The summed E-state index contributed by atoms with van der Waals surface area (Å²) >= 11 is 0. The number of nitriles is 1. The van der Waals surface area contributed by atoms with E-state index in [2.05, 4.69) is 13.0 Å². The van der Waals surface area contributed by atoms with Crippen molar-refractivity contribution in [2.24, 2.45) is 5.41 Å². The summed E-state index contributed by atoms with van der Waals surface area (Å²) in [5.41, 5.74) is 0.124. The molecule has 90 valence electrons. The predicted molar refractivity (Wildman–Crippen MR) is 57.1 cm³/mol. The maximum absolute atomic E-state index is 12.7. The first-order chi connectivity index (χ1) is 7.44. The van der Waals surface area contributed by atoms with Crippen molar-refractivity contribution in [2.45, 2.75) is 51.0 Å². The number of nitrogens with zero attached hydrogens (tertiary/aromatic N) is 2. The molecule has 0 spiro atoms. The van der Waals surface area contributed by atoms with Crippen LogP contribution < -0.4 is 0 Å². The summed E-state index contributed by atoms with van der Waals surface area (Å²) in [6, 6.07) is 2.55. The van der Waals surface area contributed by atoms with Gasteiger partial charge in [-0.1, -0.05) is 6.92 Å². The summed E-state index contributed by atoms with van der Waals surface area (Å²) in [7, 11) is 0. The van der Waals surface area contributed by atoms with Crippen LogP contribution in [-0.2, 0) is 0 Å². The SMILES string of the molecule is CC1(CC#N)CCC(N2CC(F)(F)C2)CC1. The van der Waals surface area contributed by atoms with Gasteiger partial charge in [-0.3, -0.25) is 4.90 Å². The van der Waals surface area contributed by atoms with Gasteiger partial charge in [0.1, 0.15) is 0 Å². The summed E-state index contributed by atoms with van der Waals surface area (Å²) in [6.07, 6.45) is 4.51. The van der Waals surface area contributed by atoms with Gasteiger partial charge in [-0.25, -0.2) is 8.78 Å². The number of rotatable bonds is 2. The number of hydrogen-bond donors (Lipinski definition) is 0. The number of hydrogen-bond acceptors (Lipinski definition) is 2. The first-order valence-corrected chi connectivity index (χ1v) is 5.93. The van der Waals surface area contributed by atoms with Crippen LogP contribution in [0, 0.1) is 16.7 Å². The molecule has 2 aliphatic rings. The summed E-state index contributed by atoms with van der Waals surface area (Å²) in [5.74, 6) is -2.45. The zero-order valence-corrected chi connectivity index (χ0v) is 9.68. The van der Waals surface area contributed by atoms with Crippen LogP contribution in [0.4, 0.5) is 8.78 Å². The van der Waals surface area contributed by atoms with Crippen LogP contribution in [-0.4, -0.2) is 30.0 Å². The Labute approximate surface area is 95.2 Å². The van der Waals surface area contributed by atoms with Gasteiger partial charge in [-0.15, -0.1) is 0 Å². The lowest BCUT2D eigenvalue weighted by Gasteiger charge is -2.47.